The lowest BCUT2D eigenvalue weighted by molar-refractivity contribution is -0.198. The lowest BCUT2D eigenvalue weighted by Gasteiger charge is -2.16. The Morgan fingerprint density at radius 1 is 1.47 bits per heavy atom. The minimum absolute atomic E-state index is 0.280. The van der Waals surface area contributed by atoms with Crippen LogP contribution in [-0.2, 0) is 0 Å². The van der Waals surface area contributed by atoms with E-state index in [1.807, 2.05) is 6.07 Å². The lowest BCUT2D eigenvalue weighted by Crippen LogP contribution is -2.35. The van der Waals surface area contributed by atoms with E-state index in [1.165, 1.54) is 6.07 Å². The van der Waals surface area contributed by atoms with Crippen molar-refractivity contribution in [3.63, 3.8) is 0 Å². The second kappa shape index (κ2) is 5.06. The second-order valence-electron chi connectivity index (χ2n) is 3.55. The number of benzene rings is 1. The summed E-state index contributed by atoms with van der Waals surface area (Å²) >= 11 is 0. The van der Waals surface area contributed by atoms with Gasteiger partial charge >= 0.3 is 6.18 Å². The summed E-state index contributed by atoms with van der Waals surface area (Å²) < 4.78 is 36.2. The molecule has 92 valence electrons. The van der Waals surface area contributed by atoms with E-state index in [9.17, 15) is 13.2 Å². The van der Waals surface area contributed by atoms with Crippen LogP contribution in [0.3, 0.4) is 0 Å². The summed E-state index contributed by atoms with van der Waals surface area (Å²) in [6.07, 6.45) is -7.11. The van der Waals surface area contributed by atoms with Crippen molar-refractivity contribution in [1.29, 1.82) is 5.26 Å². The zero-order valence-electron chi connectivity index (χ0n) is 9.04. The maximum atomic E-state index is 12.1. The number of aliphatic hydroxyl groups is 1. The molecule has 1 unspecified atom stereocenters. The number of anilines is 1. The van der Waals surface area contributed by atoms with E-state index in [1.54, 1.807) is 19.1 Å². The van der Waals surface area contributed by atoms with Crippen molar-refractivity contribution in [2.24, 2.45) is 0 Å². The second-order valence-corrected chi connectivity index (χ2v) is 3.55. The van der Waals surface area contributed by atoms with Crippen LogP contribution in [0.2, 0.25) is 0 Å². The first-order valence-corrected chi connectivity index (χ1v) is 4.84. The highest BCUT2D eigenvalue weighted by molar-refractivity contribution is 5.60. The molecule has 0 fully saturated rings. The molecule has 0 aliphatic heterocycles. The van der Waals surface area contributed by atoms with E-state index < -0.39 is 18.8 Å². The van der Waals surface area contributed by atoms with Crippen molar-refractivity contribution in [2.45, 2.75) is 19.2 Å². The van der Waals surface area contributed by atoms with Gasteiger partial charge in [0, 0.05) is 6.54 Å². The van der Waals surface area contributed by atoms with Crippen molar-refractivity contribution in [2.75, 3.05) is 11.9 Å². The summed E-state index contributed by atoms with van der Waals surface area (Å²) in [5.41, 5.74) is 1.23. The maximum absolute atomic E-state index is 12.1. The molecule has 0 saturated carbocycles. The number of nitrogens with one attached hydrogen (secondary N) is 1. The molecule has 2 N–H and O–H groups in total. The molecule has 1 atom stereocenters. The molecule has 0 aromatic heterocycles. The number of nitriles is 1. The smallest absolute Gasteiger partial charge is 0.382 e. The largest absolute Gasteiger partial charge is 0.416 e. The normalized spacial score (nSPS) is 12.9. The van der Waals surface area contributed by atoms with Gasteiger partial charge in [0.15, 0.2) is 6.10 Å². The SMILES string of the molecule is Cc1cccc(NCC(O)C(F)(F)F)c1C#N. The van der Waals surface area contributed by atoms with Crippen LogP contribution in [-0.4, -0.2) is 23.9 Å². The van der Waals surface area contributed by atoms with Crippen LogP contribution in [0.25, 0.3) is 0 Å². The zero-order chi connectivity index (χ0) is 13.1. The predicted molar refractivity (Wildman–Crippen MR) is 56.4 cm³/mol. The Hall–Kier alpha value is -1.74. The molecule has 0 radical (unpaired) electrons. The molecule has 0 bridgehead atoms. The van der Waals surface area contributed by atoms with E-state index in [0.717, 1.165) is 0 Å². The fourth-order valence-electron chi connectivity index (χ4n) is 1.29. The Bertz CT molecular complexity index is 437. The van der Waals surface area contributed by atoms with E-state index in [-0.39, 0.29) is 11.3 Å². The van der Waals surface area contributed by atoms with Gasteiger partial charge in [0.25, 0.3) is 0 Å². The van der Waals surface area contributed by atoms with Gasteiger partial charge in [-0.15, -0.1) is 0 Å². The Balaban J connectivity index is 2.78. The Morgan fingerprint density at radius 3 is 2.65 bits per heavy atom. The van der Waals surface area contributed by atoms with Crippen molar-refractivity contribution in [1.82, 2.24) is 0 Å². The molecule has 0 amide bonds. The molecule has 0 heterocycles. The van der Waals surface area contributed by atoms with E-state index >= 15 is 0 Å². The van der Waals surface area contributed by atoms with Crippen molar-refractivity contribution in [3.05, 3.63) is 29.3 Å². The van der Waals surface area contributed by atoms with Crippen LogP contribution in [0.1, 0.15) is 11.1 Å². The molecule has 0 saturated heterocycles. The third kappa shape index (κ3) is 3.36. The van der Waals surface area contributed by atoms with E-state index in [2.05, 4.69) is 5.32 Å². The van der Waals surface area contributed by atoms with Crippen LogP contribution < -0.4 is 5.32 Å². The molecule has 1 aromatic carbocycles. The molecule has 0 aliphatic carbocycles. The van der Waals surface area contributed by atoms with Crippen LogP contribution in [0.4, 0.5) is 18.9 Å². The van der Waals surface area contributed by atoms with Gasteiger partial charge in [-0.3, -0.25) is 0 Å². The summed E-state index contributed by atoms with van der Waals surface area (Å²) in [5, 5.41) is 20.1. The van der Waals surface area contributed by atoms with Crippen LogP contribution in [0, 0.1) is 18.3 Å². The number of hydrogen-bond acceptors (Lipinski definition) is 3. The minimum Gasteiger partial charge on any atom is -0.382 e. The van der Waals surface area contributed by atoms with Gasteiger partial charge in [0.05, 0.1) is 11.3 Å². The molecule has 0 spiro atoms. The van der Waals surface area contributed by atoms with Crippen LogP contribution >= 0.6 is 0 Å². The van der Waals surface area contributed by atoms with Gasteiger partial charge in [-0.2, -0.15) is 18.4 Å². The van der Waals surface area contributed by atoms with Crippen molar-refractivity contribution >= 4 is 5.69 Å². The Morgan fingerprint density at radius 2 is 2.12 bits per heavy atom. The number of aliphatic hydroxyl groups excluding tert-OH is 1. The molecular weight excluding hydrogens is 233 g/mol. The fourth-order valence-corrected chi connectivity index (χ4v) is 1.29. The number of alkyl halides is 3. The molecule has 6 heteroatoms. The standard InChI is InChI=1S/C11H11F3N2O/c1-7-3-2-4-9(8(7)5-15)16-6-10(17)11(12,13)14/h2-4,10,16-17H,6H2,1H3. The summed E-state index contributed by atoms with van der Waals surface area (Å²) in [5.74, 6) is 0. The van der Waals surface area contributed by atoms with Gasteiger partial charge < -0.3 is 10.4 Å². The Labute approximate surface area is 96.5 Å². The predicted octanol–water partition coefficient (Wildman–Crippen LogP) is 2.20. The number of rotatable bonds is 3. The van der Waals surface area contributed by atoms with Crippen molar-refractivity contribution in [3.8, 4) is 6.07 Å². The number of halogens is 3. The quantitative estimate of drug-likeness (QED) is 0.857. The zero-order valence-corrected chi connectivity index (χ0v) is 9.04. The Kier molecular flexibility index (Phi) is 3.97. The molecule has 1 rings (SSSR count). The first kappa shape index (κ1) is 13.3. The number of nitrogens with zero attached hydrogens (tertiary/aromatic N) is 1. The highest BCUT2D eigenvalue weighted by Crippen LogP contribution is 2.22. The number of hydrogen-bond donors (Lipinski definition) is 2. The maximum Gasteiger partial charge on any atom is 0.416 e. The number of aryl methyl sites for hydroxylation is 1. The molecular formula is C11H11F3N2O. The average molecular weight is 244 g/mol. The first-order chi connectivity index (χ1) is 7.86. The van der Waals surface area contributed by atoms with Gasteiger partial charge in [-0.05, 0) is 18.6 Å². The molecule has 0 aliphatic rings. The van der Waals surface area contributed by atoms with Gasteiger partial charge in [0.1, 0.15) is 6.07 Å². The van der Waals surface area contributed by atoms with E-state index in [4.69, 9.17) is 10.4 Å². The lowest BCUT2D eigenvalue weighted by atomic mass is 10.1. The van der Waals surface area contributed by atoms with Crippen LogP contribution in [0.15, 0.2) is 18.2 Å². The third-order valence-electron chi connectivity index (χ3n) is 2.25. The van der Waals surface area contributed by atoms with Crippen molar-refractivity contribution < 1.29 is 18.3 Å². The summed E-state index contributed by atoms with van der Waals surface area (Å²) in [4.78, 5) is 0. The minimum atomic E-state index is -4.66. The molecule has 3 nitrogen and oxygen atoms in total. The van der Waals surface area contributed by atoms with E-state index in [0.29, 0.717) is 5.56 Å². The van der Waals surface area contributed by atoms with Gasteiger partial charge in [-0.25, -0.2) is 0 Å². The molecule has 1 aromatic rings. The monoisotopic (exact) mass is 244 g/mol. The van der Waals surface area contributed by atoms with Gasteiger partial charge in [-0.1, -0.05) is 12.1 Å². The van der Waals surface area contributed by atoms with Crippen LogP contribution in [0.5, 0.6) is 0 Å². The average Bonchev–Trinajstić information content (AvgIpc) is 2.24. The van der Waals surface area contributed by atoms with Gasteiger partial charge in [0.2, 0.25) is 0 Å². The highest BCUT2D eigenvalue weighted by atomic mass is 19.4. The topological polar surface area (TPSA) is 56.0 Å². The summed E-state index contributed by atoms with van der Waals surface area (Å²) in [6.45, 7) is 1.01. The molecule has 17 heavy (non-hydrogen) atoms. The third-order valence-corrected chi connectivity index (χ3v) is 2.25. The first-order valence-electron chi connectivity index (χ1n) is 4.84. The summed E-state index contributed by atoms with van der Waals surface area (Å²) in [7, 11) is 0. The summed E-state index contributed by atoms with van der Waals surface area (Å²) in [6, 6.07) is 6.70. The highest BCUT2D eigenvalue weighted by Gasteiger charge is 2.37. The fraction of sp³-hybridized carbons (Fsp3) is 0.364.